The highest BCUT2D eigenvalue weighted by Gasteiger charge is 2.28. The van der Waals surface area contributed by atoms with Gasteiger partial charge in [-0.25, -0.2) is 4.98 Å². The minimum absolute atomic E-state index is 0.0533. The van der Waals surface area contributed by atoms with Gasteiger partial charge in [0.25, 0.3) is 0 Å². The third-order valence-electron chi connectivity index (χ3n) is 3.07. The number of thiazole rings is 1. The first kappa shape index (κ1) is 16.4. The quantitative estimate of drug-likeness (QED) is 0.335. The zero-order valence-corrected chi connectivity index (χ0v) is 13.3. The van der Waals surface area contributed by atoms with Crippen molar-refractivity contribution in [3.63, 3.8) is 0 Å². The van der Waals surface area contributed by atoms with Gasteiger partial charge in [0, 0.05) is 4.88 Å². The van der Waals surface area contributed by atoms with Crippen molar-refractivity contribution in [2.24, 2.45) is 22.7 Å². The number of hydrogen-bond donors (Lipinski definition) is 3. The number of aromatic nitrogens is 1. The van der Waals surface area contributed by atoms with Gasteiger partial charge in [0.2, 0.25) is 5.91 Å². The van der Waals surface area contributed by atoms with Crippen LogP contribution in [0.15, 0.2) is 5.16 Å². The van der Waals surface area contributed by atoms with Crippen LogP contribution in [-0.2, 0) is 4.79 Å². The summed E-state index contributed by atoms with van der Waals surface area (Å²) < 4.78 is 0. The van der Waals surface area contributed by atoms with E-state index in [2.05, 4.69) is 15.5 Å². The third-order valence-corrected chi connectivity index (χ3v) is 4.33. The standard InChI is InChI=1S/C13H22N4O2S/c1-6(2)10(12(14)17-19)13(18)16-8(4)11-7(3)15-9(5)20-11/h6,8,10,19H,1-5H3,(H2,14,17)(H,16,18). The molecule has 1 rings (SSSR count). The number of nitrogens with zero attached hydrogens (tertiary/aromatic N) is 2. The first-order chi connectivity index (χ1) is 9.27. The van der Waals surface area contributed by atoms with Gasteiger partial charge in [-0.05, 0) is 26.7 Å². The molecule has 1 amide bonds. The molecular weight excluding hydrogens is 276 g/mol. The Morgan fingerprint density at radius 3 is 2.40 bits per heavy atom. The fourth-order valence-corrected chi connectivity index (χ4v) is 3.09. The van der Waals surface area contributed by atoms with Crippen molar-refractivity contribution in [3.8, 4) is 0 Å². The smallest absolute Gasteiger partial charge is 0.231 e. The molecule has 0 aliphatic rings. The minimum Gasteiger partial charge on any atom is -0.409 e. The number of carbonyl (C=O) groups excluding carboxylic acids is 1. The molecule has 0 aliphatic carbocycles. The number of aryl methyl sites for hydroxylation is 2. The minimum atomic E-state index is -0.642. The second-order valence-corrected chi connectivity index (χ2v) is 6.39. The first-order valence-electron chi connectivity index (χ1n) is 6.49. The predicted molar refractivity (Wildman–Crippen MR) is 79.9 cm³/mol. The van der Waals surface area contributed by atoms with Crippen LogP contribution in [0.25, 0.3) is 0 Å². The van der Waals surface area contributed by atoms with Gasteiger partial charge in [-0.3, -0.25) is 4.79 Å². The molecule has 0 radical (unpaired) electrons. The summed E-state index contributed by atoms with van der Waals surface area (Å²) >= 11 is 1.56. The van der Waals surface area contributed by atoms with Crippen LogP contribution in [0.1, 0.15) is 42.4 Å². The van der Waals surface area contributed by atoms with Gasteiger partial charge in [0.15, 0.2) is 5.84 Å². The van der Waals surface area contributed by atoms with Gasteiger partial charge in [-0.15, -0.1) is 11.3 Å². The van der Waals surface area contributed by atoms with Crippen LogP contribution in [0.2, 0.25) is 0 Å². The molecule has 1 aromatic heterocycles. The molecule has 1 aromatic rings. The number of rotatable bonds is 5. The maximum absolute atomic E-state index is 12.3. The lowest BCUT2D eigenvalue weighted by Crippen LogP contribution is -2.42. The highest BCUT2D eigenvalue weighted by Crippen LogP contribution is 2.25. The summed E-state index contributed by atoms with van der Waals surface area (Å²) in [6.07, 6.45) is 0. The number of carbonyl (C=O) groups is 1. The van der Waals surface area contributed by atoms with E-state index in [0.717, 1.165) is 15.6 Å². The Morgan fingerprint density at radius 2 is 2.00 bits per heavy atom. The molecule has 0 spiro atoms. The van der Waals surface area contributed by atoms with Crippen molar-refractivity contribution in [1.29, 1.82) is 0 Å². The zero-order chi connectivity index (χ0) is 15.4. The lowest BCUT2D eigenvalue weighted by molar-refractivity contribution is -0.124. The molecular formula is C13H22N4O2S. The van der Waals surface area contributed by atoms with Gasteiger partial charge >= 0.3 is 0 Å². The van der Waals surface area contributed by atoms with E-state index in [1.807, 2.05) is 34.6 Å². The number of amides is 1. The topological polar surface area (TPSA) is 101 Å². The average molecular weight is 298 g/mol. The Bertz CT molecular complexity index is 510. The summed E-state index contributed by atoms with van der Waals surface area (Å²) in [5, 5.41) is 15.6. The summed E-state index contributed by atoms with van der Waals surface area (Å²) in [7, 11) is 0. The largest absolute Gasteiger partial charge is 0.409 e. The molecule has 0 saturated heterocycles. The van der Waals surface area contributed by atoms with Crippen LogP contribution in [0.3, 0.4) is 0 Å². The second-order valence-electron chi connectivity index (χ2n) is 5.16. The first-order valence-corrected chi connectivity index (χ1v) is 7.31. The molecule has 0 fully saturated rings. The second kappa shape index (κ2) is 6.69. The Labute approximate surface area is 123 Å². The Hall–Kier alpha value is -1.63. The van der Waals surface area contributed by atoms with E-state index in [1.165, 1.54) is 0 Å². The Morgan fingerprint density at radius 1 is 1.40 bits per heavy atom. The lowest BCUT2D eigenvalue weighted by Gasteiger charge is -2.21. The van der Waals surface area contributed by atoms with E-state index in [-0.39, 0.29) is 23.7 Å². The van der Waals surface area contributed by atoms with Gasteiger partial charge in [-0.1, -0.05) is 19.0 Å². The van der Waals surface area contributed by atoms with Crippen LogP contribution in [-0.4, -0.2) is 21.9 Å². The van der Waals surface area contributed by atoms with Crippen molar-refractivity contribution < 1.29 is 10.0 Å². The predicted octanol–water partition coefficient (Wildman–Crippen LogP) is 1.96. The average Bonchev–Trinajstić information content (AvgIpc) is 2.67. The highest BCUT2D eigenvalue weighted by molar-refractivity contribution is 7.11. The van der Waals surface area contributed by atoms with Crippen LogP contribution < -0.4 is 11.1 Å². The molecule has 7 heteroatoms. The maximum Gasteiger partial charge on any atom is 0.231 e. The molecule has 2 unspecified atom stereocenters. The molecule has 0 bridgehead atoms. The van der Waals surface area contributed by atoms with E-state index < -0.39 is 5.92 Å². The summed E-state index contributed by atoms with van der Waals surface area (Å²) in [6.45, 7) is 9.47. The van der Waals surface area contributed by atoms with Gasteiger partial charge in [0.1, 0.15) is 5.92 Å². The fraction of sp³-hybridized carbons (Fsp3) is 0.615. The van der Waals surface area contributed by atoms with E-state index in [1.54, 1.807) is 11.3 Å². The van der Waals surface area contributed by atoms with E-state index in [9.17, 15) is 4.79 Å². The molecule has 1 heterocycles. The van der Waals surface area contributed by atoms with Crippen LogP contribution in [0.4, 0.5) is 0 Å². The van der Waals surface area contributed by atoms with Crippen molar-refractivity contribution in [2.75, 3.05) is 0 Å². The molecule has 0 saturated carbocycles. The molecule has 4 N–H and O–H groups in total. The van der Waals surface area contributed by atoms with Crippen LogP contribution in [0, 0.1) is 25.7 Å². The number of oxime groups is 1. The van der Waals surface area contributed by atoms with Gasteiger partial charge < -0.3 is 16.3 Å². The van der Waals surface area contributed by atoms with Crippen molar-refractivity contribution in [2.45, 2.75) is 40.7 Å². The van der Waals surface area contributed by atoms with Crippen molar-refractivity contribution in [3.05, 3.63) is 15.6 Å². The third kappa shape index (κ3) is 3.69. The van der Waals surface area contributed by atoms with E-state index >= 15 is 0 Å². The Kier molecular flexibility index (Phi) is 5.50. The number of amidine groups is 1. The summed E-state index contributed by atoms with van der Waals surface area (Å²) in [4.78, 5) is 17.7. The summed E-state index contributed by atoms with van der Waals surface area (Å²) in [5.74, 6) is -1.01. The van der Waals surface area contributed by atoms with Crippen molar-refractivity contribution in [1.82, 2.24) is 10.3 Å². The van der Waals surface area contributed by atoms with Crippen LogP contribution >= 0.6 is 11.3 Å². The SMILES string of the molecule is Cc1nc(C)c(C(C)NC(=O)C(C(N)=NO)C(C)C)s1. The van der Waals surface area contributed by atoms with E-state index in [0.29, 0.717) is 0 Å². The highest BCUT2D eigenvalue weighted by atomic mass is 32.1. The lowest BCUT2D eigenvalue weighted by atomic mass is 9.93. The molecule has 112 valence electrons. The molecule has 0 aliphatic heterocycles. The summed E-state index contributed by atoms with van der Waals surface area (Å²) in [6, 6.07) is -0.151. The fourth-order valence-electron chi connectivity index (χ4n) is 2.16. The Balaban J connectivity index is 2.86. The zero-order valence-electron chi connectivity index (χ0n) is 12.5. The monoisotopic (exact) mass is 298 g/mol. The summed E-state index contributed by atoms with van der Waals surface area (Å²) in [5.41, 5.74) is 6.52. The molecule has 6 nitrogen and oxygen atoms in total. The number of nitrogens with two attached hydrogens (primary N) is 1. The molecule has 0 aromatic carbocycles. The van der Waals surface area contributed by atoms with Gasteiger partial charge in [0.05, 0.1) is 16.7 Å². The van der Waals surface area contributed by atoms with Gasteiger partial charge in [-0.2, -0.15) is 0 Å². The number of nitrogens with one attached hydrogen (secondary N) is 1. The molecule has 2 atom stereocenters. The van der Waals surface area contributed by atoms with Crippen molar-refractivity contribution >= 4 is 23.1 Å². The maximum atomic E-state index is 12.3. The number of hydrogen-bond acceptors (Lipinski definition) is 5. The normalized spacial score (nSPS) is 15.2. The van der Waals surface area contributed by atoms with E-state index in [4.69, 9.17) is 10.9 Å². The molecule has 20 heavy (non-hydrogen) atoms. The van der Waals surface area contributed by atoms with Crippen LogP contribution in [0.5, 0.6) is 0 Å².